The zero-order valence-electron chi connectivity index (χ0n) is 13.9. The Morgan fingerprint density at radius 3 is 1.91 bits per heavy atom. The van der Waals surface area contributed by atoms with Crippen LogP contribution in [0, 0.1) is 0 Å². The SMILES string of the molecule is CCCCCCCCCCOC(=O)[C@H](O)[C@@H](O)[C@H](O)[C@H](O)CO. The molecule has 0 radical (unpaired) electrons. The number of unbranched alkanes of at least 4 members (excludes halogenated alkanes) is 7. The van der Waals surface area contributed by atoms with Gasteiger partial charge in [-0.2, -0.15) is 0 Å². The van der Waals surface area contributed by atoms with Gasteiger partial charge in [-0.25, -0.2) is 4.79 Å². The van der Waals surface area contributed by atoms with Gasteiger partial charge < -0.3 is 30.3 Å². The fraction of sp³-hybridized carbons (Fsp3) is 0.938. The topological polar surface area (TPSA) is 127 Å². The van der Waals surface area contributed by atoms with Gasteiger partial charge in [0, 0.05) is 0 Å². The van der Waals surface area contributed by atoms with Gasteiger partial charge in [-0.1, -0.05) is 51.9 Å². The first-order valence-corrected chi connectivity index (χ1v) is 8.45. The zero-order chi connectivity index (χ0) is 17.7. The van der Waals surface area contributed by atoms with Crippen LogP contribution in [0.3, 0.4) is 0 Å². The number of hydrogen-bond donors (Lipinski definition) is 5. The molecular weight excluding hydrogens is 304 g/mol. The number of carbonyl (C=O) groups is 1. The van der Waals surface area contributed by atoms with E-state index in [0.717, 1.165) is 19.3 Å². The number of hydrogen-bond acceptors (Lipinski definition) is 7. The van der Waals surface area contributed by atoms with Crippen LogP contribution < -0.4 is 0 Å². The van der Waals surface area contributed by atoms with Crippen molar-refractivity contribution >= 4 is 5.97 Å². The van der Waals surface area contributed by atoms with Gasteiger partial charge in [-0.05, 0) is 6.42 Å². The molecule has 0 aliphatic rings. The van der Waals surface area contributed by atoms with E-state index in [0.29, 0.717) is 6.42 Å². The number of carbonyl (C=O) groups excluding carboxylic acids is 1. The van der Waals surface area contributed by atoms with Crippen molar-refractivity contribution in [2.75, 3.05) is 13.2 Å². The second-order valence-corrected chi connectivity index (χ2v) is 5.82. The molecule has 0 aliphatic heterocycles. The van der Waals surface area contributed by atoms with E-state index in [1.165, 1.54) is 25.7 Å². The van der Waals surface area contributed by atoms with E-state index >= 15 is 0 Å². The minimum Gasteiger partial charge on any atom is -0.464 e. The predicted octanol–water partition coefficient (Wildman–Crippen LogP) is 0.106. The van der Waals surface area contributed by atoms with Gasteiger partial charge in [0.05, 0.1) is 13.2 Å². The molecule has 0 heterocycles. The van der Waals surface area contributed by atoms with Crippen LogP contribution in [0.1, 0.15) is 58.3 Å². The standard InChI is InChI=1S/C16H32O7/c1-2-3-4-5-6-7-8-9-10-23-16(22)15(21)14(20)13(19)12(18)11-17/h12-15,17-21H,2-11H2,1H3/t12-,13-,14+,15-/m1/s1. The first-order valence-electron chi connectivity index (χ1n) is 8.45. The maximum absolute atomic E-state index is 11.5. The van der Waals surface area contributed by atoms with Gasteiger partial charge in [0.15, 0.2) is 6.10 Å². The van der Waals surface area contributed by atoms with Crippen molar-refractivity contribution < 1.29 is 35.1 Å². The van der Waals surface area contributed by atoms with Crippen LogP contribution in [0.15, 0.2) is 0 Å². The molecule has 0 saturated carbocycles. The third-order valence-electron chi connectivity index (χ3n) is 3.74. The lowest BCUT2D eigenvalue weighted by molar-refractivity contribution is -0.170. The molecule has 0 spiro atoms. The van der Waals surface area contributed by atoms with E-state index in [9.17, 15) is 20.1 Å². The average molecular weight is 336 g/mol. The van der Waals surface area contributed by atoms with Gasteiger partial charge in [-0.3, -0.25) is 0 Å². The van der Waals surface area contributed by atoms with Crippen LogP contribution in [0.4, 0.5) is 0 Å². The Balaban J connectivity index is 3.76. The normalized spacial score (nSPS) is 16.6. The van der Waals surface area contributed by atoms with E-state index in [1.807, 2.05) is 0 Å². The zero-order valence-corrected chi connectivity index (χ0v) is 13.9. The number of aliphatic hydroxyl groups excluding tert-OH is 5. The molecule has 0 aromatic heterocycles. The second-order valence-electron chi connectivity index (χ2n) is 5.82. The Morgan fingerprint density at radius 2 is 1.39 bits per heavy atom. The van der Waals surface area contributed by atoms with Gasteiger partial charge in [0.25, 0.3) is 0 Å². The number of aliphatic hydroxyl groups is 5. The molecule has 7 heteroatoms. The summed E-state index contributed by atoms with van der Waals surface area (Å²) in [6, 6.07) is 0. The summed E-state index contributed by atoms with van der Waals surface area (Å²) in [5.41, 5.74) is 0. The Kier molecular flexibility index (Phi) is 13.3. The molecule has 0 fully saturated rings. The van der Waals surface area contributed by atoms with E-state index < -0.39 is 37.0 Å². The maximum atomic E-state index is 11.5. The predicted molar refractivity (Wildman–Crippen MR) is 84.7 cm³/mol. The van der Waals surface area contributed by atoms with Crippen LogP contribution in [0.5, 0.6) is 0 Å². The van der Waals surface area contributed by atoms with Crippen molar-refractivity contribution in [2.45, 2.75) is 82.7 Å². The Bertz CT molecular complexity index is 298. The summed E-state index contributed by atoms with van der Waals surface area (Å²) in [4.78, 5) is 11.5. The molecular formula is C16H32O7. The quantitative estimate of drug-likeness (QED) is 0.225. The monoisotopic (exact) mass is 336 g/mol. The largest absolute Gasteiger partial charge is 0.464 e. The molecule has 5 N–H and O–H groups in total. The minimum absolute atomic E-state index is 0.135. The smallest absolute Gasteiger partial charge is 0.337 e. The van der Waals surface area contributed by atoms with Crippen molar-refractivity contribution in [1.29, 1.82) is 0 Å². The van der Waals surface area contributed by atoms with Crippen LogP contribution in [-0.4, -0.2) is 69.1 Å². The highest BCUT2D eigenvalue weighted by Crippen LogP contribution is 2.10. The third-order valence-corrected chi connectivity index (χ3v) is 3.74. The molecule has 138 valence electrons. The molecule has 0 aromatic rings. The molecule has 7 nitrogen and oxygen atoms in total. The lowest BCUT2D eigenvalue weighted by Gasteiger charge is -2.24. The summed E-state index contributed by atoms with van der Waals surface area (Å²) in [5, 5.41) is 46.3. The van der Waals surface area contributed by atoms with Crippen LogP contribution >= 0.6 is 0 Å². The summed E-state index contributed by atoms with van der Waals surface area (Å²) >= 11 is 0. The molecule has 0 amide bonds. The van der Waals surface area contributed by atoms with Gasteiger partial charge in [-0.15, -0.1) is 0 Å². The lowest BCUT2D eigenvalue weighted by Crippen LogP contribution is -2.49. The maximum Gasteiger partial charge on any atom is 0.337 e. The summed E-state index contributed by atoms with van der Waals surface area (Å²) in [6.07, 6.45) is 1.40. The highest BCUT2D eigenvalue weighted by Gasteiger charge is 2.35. The molecule has 4 atom stereocenters. The first kappa shape index (κ1) is 22.3. The molecule has 0 aliphatic carbocycles. The molecule has 0 bridgehead atoms. The summed E-state index contributed by atoms with van der Waals surface area (Å²) in [6.45, 7) is 1.51. The van der Waals surface area contributed by atoms with Crippen molar-refractivity contribution in [2.24, 2.45) is 0 Å². The Labute approximate surface area is 137 Å². The summed E-state index contributed by atoms with van der Waals surface area (Å²) in [5.74, 6) is -1.05. The van der Waals surface area contributed by atoms with E-state index in [2.05, 4.69) is 6.92 Å². The first-order chi connectivity index (χ1) is 11.0. The van der Waals surface area contributed by atoms with E-state index in [1.54, 1.807) is 0 Å². The highest BCUT2D eigenvalue weighted by atomic mass is 16.5. The number of rotatable bonds is 14. The van der Waals surface area contributed by atoms with Gasteiger partial charge in [0.1, 0.15) is 18.3 Å². The third kappa shape index (κ3) is 9.88. The minimum atomic E-state index is -1.96. The summed E-state index contributed by atoms with van der Waals surface area (Å²) in [7, 11) is 0. The molecule has 0 aromatic carbocycles. The number of esters is 1. The lowest BCUT2D eigenvalue weighted by atomic mass is 10.0. The van der Waals surface area contributed by atoms with E-state index in [4.69, 9.17) is 14.9 Å². The molecule has 0 unspecified atom stereocenters. The van der Waals surface area contributed by atoms with Crippen LogP contribution in [0.2, 0.25) is 0 Å². The highest BCUT2D eigenvalue weighted by molar-refractivity contribution is 5.75. The fourth-order valence-corrected chi connectivity index (χ4v) is 2.16. The molecule has 0 saturated heterocycles. The van der Waals surface area contributed by atoms with Gasteiger partial charge >= 0.3 is 5.97 Å². The van der Waals surface area contributed by atoms with Crippen LogP contribution in [-0.2, 0) is 9.53 Å². The van der Waals surface area contributed by atoms with Crippen molar-refractivity contribution in [3.05, 3.63) is 0 Å². The van der Waals surface area contributed by atoms with E-state index in [-0.39, 0.29) is 6.61 Å². The van der Waals surface area contributed by atoms with Crippen molar-refractivity contribution in [3.63, 3.8) is 0 Å². The van der Waals surface area contributed by atoms with Crippen molar-refractivity contribution in [3.8, 4) is 0 Å². The molecule has 23 heavy (non-hydrogen) atoms. The number of ether oxygens (including phenoxy) is 1. The fourth-order valence-electron chi connectivity index (χ4n) is 2.16. The molecule has 0 rings (SSSR count). The summed E-state index contributed by atoms with van der Waals surface area (Å²) < 4.78 is 4.83. The average Bonchev–Trinajstić information content (AvgIpc) is 2.57. The van der Waals surface area contributed by atoms with Gasteiger partial charge in [0.2, 0.25) is 0 Å². The van der Waals surface area contributed by atoms with Crippen molar-refractivity contribution in [1.82, 2.24) is 0 Å². The Hall–Kier alpha value is -0.730. The second kappa shape index (κ2) is 13.7. The Morgan fingerprint density at radius 1 is 0.870 bits per heavy atom. The van der Waals surface area contributed by atoms with Crippen LogP contribution in [0.25, 0.3) is 0 Å².